The van der Waals surface area contributed by atoms with E-state index in [1.54, 1.807) is 0 Å². The number of nitrogens with one attached hydrogen (secondary N) is 2. The molecular weight excluding hydrogens is 326 g/mol. The van der Waals surface area contributed by atoms with Crippen LogP contribution in [-0.4, -0.2) is 11.8 Å². The van der Waals surface area contributed by atoms with E-state index in [1.807, 2.05) is 31.2 Å². The zero-order valence-corrected chi connectivity index (χ0v) is 13.7. The summed E-state index contributed by atoms with van der Waals surface area (Å²) in [5, 5.41) is 5.33. The van der Waals surface area contributed by atoms with Gasteiger partial charge in [-0.15, -0.1) is 0 Å². The zero-order chi connectivity index (χ0) is 18.0. The second-order valence-corrected chi connectivity index (χ2v) is 6.27. The molecule has 1 fully saturated rings. The van der Waals surface area contributed by atoms with E-state index in [-0.39, 0.29) is 23.4 Å². The number of hydrogen-bond donors (Lipinski definition) is 2. The van der Waals surface area contributed by atoms with E-state index in [9.17, 15) is 18.4 Å². The number of carbonyl (C=O) groups is 2. The number of benzene rings is 2. The molecule has 1 saturated carbocycles. The van der Waals surface area contributed by atoms with E-state index in [1.165, 1.54) is 6.07 Å². The third-order valence-electron chi connectivity index (χ3n) is 4.24. The molecule has 3 rings (SSSR count). The number of halogens is 2. The number of rotatable bonds is 5. The first-order valence-electron chi connectivity index (χ1n) is 8.03. The summed E-state index contributed by atoms with van der Waals surface area (Å²) in [6.07, 6.45) is 0.454. The maximum Gasteiger partial charge on any atom is 0.228 e. The first-order chi connectivity index (χ1) is 11.9. The van der Waals surface area contributed by atoms with E-state index >= 15 is 0 Å². The molecule has 1 aliphatic carbocycles. The summed E-state index contributed by atoms with van der Waals surface area (Å²) in [5.41, 5.74) is 2.31. The maximum atomic E-state index is 13.1. The lowest BCUT2D eigenvalue weighted by Gasteiger charge is -2.07. The van der Waals surface area contributed by atoms with Crippen molar-refractivity contribution in [1.29, 1.82) is 0 Å². The van der Waals surface area contributed by atoms with Gasteiger partial charge >= 0.3 is 0 Å². The second kappa shape index (κ2) is 7.01. The van der Waals surface area contributed by atoms with Gasteiger partial charge in [0.05, 0.1) is 11.8 Å². The summed E-state index contributed by atoms with van der Waals surface area (Å²) in [6.45, 7) is 2.40. The Balaban J connectivity index is 1.49. The maximum absolute atomic E-state index is 13.1. The van der Waals surface area contributed by atoms with Crippen LogP contribution in [0.15, 0.2) is 42.5 Å². The third kappa shape index (κ3) is 4.21. The van der Waals surface area contributed by atoms with E-state index < -0.39 is 17.6 Å². The molecule has 2 aromatic carbocycles. The largest absolute Gasteiger partial charge is 0.352 e. The van der Waals surface area contributed by atoms with Gasteiger partial charge in [-0.2, -0.15) is 0 Å². The minimum atomic E-state index is -1.03. The molecule has 0 saturated heterocycles. The summed E-state index contributed by atoms with van der Waals surface area (Å²) >= 11 is 0. The SMILES string of the molecule is Cc1ccc(CNC(=O)C2CC2C(=O)Nc2ccc(F)c(F)c2)cc1. The van der Waals surface area contributed by atoms with Gasteiger partial charge in [-0.05, 0) is 31.0 Å². The van der Waals surface area contributed by atoms with Crippen molar-refractivity contribution in [3.8, 4) is 0 Å². The zero-order valence-electron chi connectivity index (χ0n) is 13.7. The first kappa shape index (κ1) is 17.1. The lowest BCUT2D eigenvalue weighted by atomic mass is 10.1. The molecule has 2 unspecified atom stereocenters. The first-order valence-corrected chi connectivity index (χ1v) is 8.03. The van der Waals surface area contributed by atoms with Crippen LogP contribution in [0.2, 0.25) is 0 Å². The molecule has 2 amide bonds. The highest BCUT2D eigenvalue weighted by atomic mass is 19.2. The Morgan fingerprint density at radius 1 is 1.00 bits per heavy atom. The van der Waals surface area contributed by atoms with Crippen LogP contribution in [0.1, 0.15) is 17.5 Å². The van der Waals surface area contributed by atoms with Crippen LogP contribution in [0.5, 0.6) is 0 Å². The van der Waals surface area contributed by atoms with Crippen molar-refractivity contribution >= 4 is 17.5 Å². The Labute approximate surface area is 144 Å². The molecule has 0 heterocycles. The Morgan fingerprint density at radius 3 is 2.36 bits per heavy atom. The van der Waals surface area contributed by atoms with Crippen molar-refractivity contribution in [1.82, 2.24) is 5.32 Å². The van der Waals surface area contributed by atoms with Crippen molar-refractivity contribution in [2.75, 3.05) is 5.32 Å². The number of carbonyl (C=O) groups excluding carboxylic acids is 2. The highest BCUT2D eigenvalue weighted by Crippen LogP contribution is 2.39. The molecule has 0 spiro atoms. The van der Waals surface area contributed by atoms with Crippen molar-refractivity contribution in [3.63, 3.8) is 0 Å². The highest BCUT2D eigenvalue weighted by Gasteiger charge is 2.47. The molecule has 2 atom stereocenters. The predicted octanol–water partition coefficient (Wildman–Crippen LogP) is 3.16. The molecule has 0 radical (unpaired) electrons. The van der Waals surface area contributed by atoms with Crippen LogP contribution in [0.3, 0.4) is 0 Å². The molecule has 0 aromatic heterocycles. The average Bonchev–Trinajstić information content (AvgIpc) is 3.38. The molecule has 0 aliphatic heterocycles. The van der Waals surface area contributed by atoms with Crippen LogP contribution in [0.25, 0.3) is 0 Å². The third-order valence-corrected chi connectivity index (χ3v) is 4.24. The highest BCUT2D eigenvalue weighted by molar-refractivity contribution is 5.99. The average molecular weight is 344 g/mol. The monoisotopic (exact) mass is 344 g/mol. The number of hydrogen-bond acceptors (Lipinski definition) is 2. The number of anilines is 1. The van der Waals surface area contributed by atoms with Crippen molar-refractivity contribution in [2.45, 2.75) is 19.9 Å². The molecule has 6 heteroatoms. The quantitative estimate of drug-likeness (QED) is 0.875. The van der Waals surface area contributed by atoms with E-state index in [4.69, 9.17) is 0 Å². The molecule has 25 heavy (non-hydrogen) atoms. The van der Waals surface area contributed by atoms with Crippen LogP contribution in [0.4, 0.5) is 14.5 Å². The second-order valence-electron chi connectivity index (χ2n) is 6.27. The minimum Gasteiger partial charge on any atom is -0.352 e. The van der Waals surface area contributed by atoms with E-state index in [0.29, 0.717) is 13.0 Å². The Kier molecular flexibility index (Phi) is 4.79. The molecule has 2 N–H and O–H groups in total. The molecule has 130 valence electrons. The van der Waals surface area contributed by atoms with Gasteiger partial charge in [-0.1, -0.05) is 29.8 Å². The smallest absolute Gasteiger partial charge is 0.228 e. The summed E-state index contributed by atoms with van der Waals surface area (Å²) < 4.78 is 26.0. The number of aryl methyl sites for hydroxylation is 1. The van der Waals surface area contributed by atoms with Gasteiger partial charge in [-0.25, -0.2) is 8.78 Å². The molecule has 1 aliphatic rings. The lowest BCUT2D eigenvalue weighted by Crippen LogP contribution is -2.27. The summed E-state index contributed by atoms with van der Waals surface area (Å²) in [4.78, 5) is 24.2. The van der Waals surface area contributed by atoms with Crippen LogP contribution in [0, 0.1) is 30.4 Å². The molecular formula is C19H18F2N2O2. The number of amides is 2. The van der Waals surface area contributed by atoms with Crippen LogP contribution < -0.4 is 10.6 Å². The molecule has 0 bridgehead atoms. The Morgan fingerprint density at radius 2 is 1.68 bits per heavy atom. The summed E-state index contributed by atoms with van der Waals surface area (Å²) in [7, 11) is 0. The van der Waals surface area contributed by atoms with Crippen LogP contribution >= 0.6 is 0 Å². The van der Waals surface area contributed by atoms with Crippen LogP contribution in [-0.2, 0) is 16.1 Å². The van der Waals surface area contributed by atoms with Gasteiger partial charge in [0.1, 0.15) is 0 Å². The Hall–Kier alpha value is -2.76. The fourth-order valence-electron chi connectivity index (χ4n) is 2.61. The Bertz CT molecular complexity index is 806. The van der Waals surface area contributed by atoms with Gasteiger partial charge in [0.15, 0.2) is 11.6 Å². The van der Waals surface area contributed by atoms with Crippen molar-refractivity contribution in [3.05, 3.63) is 65.2 Å². The van der Waals surface area contributed by atoms with Crippen molar-refractivity contribution in [2.24, 2.45) is 11.8 Å². The fraction of sp³-hybridized carbons (Fsp3) is 0.263. The predicted molar refractivity (Wildman–Crippen MR) is 89.6 cm³/mol. The normalized spacial score (nSPS) is 18.5. The van der Waals surface area contributed by atoms with Gasteiger partial charge in [-0.3, -0.25) is 9.59 Å². The summed E-state index contributed by atoms with van der Waals surface area (Å²) in [6, 6.07) is 11.0. The minimum absolute atomic E-state index is 0.175. The van der Waals surface area contributed by atoms with Gasteiger partial charge in [0.2, 0.25) is 11.8 Å². The molecule has 2 aromatic rings. The summed E-state index contributed by atoms with van der Waals surface area (Å²) in [5.74, 6) is -3.35. The standard InChI is InChI=1S/C19H18F2N2O2/c1-11-2-4-12(5-3-11)10-22-18(24)14-9-15(14)19(25)23-13-6-7-16(20)17(21)8-13/h2-8,14-15H,9-10H2,1H3,(H,22,24)(H,23,25). The van der Waals surface area contributed by atoms with Gasteiger partial charge in [0.25, 0.3) is 0 Å². The van der Waals surface area contributed by atoms with Gasteiger partial charge < -0.3 is 10.6 Å². The van der Waals surface area contributed by atoms with E-state index in [0.717, 1.165) is 23.3 Å². The van der Waals surface area contributed by atoms with Crippen molar-refractivity contribution < 1.29 is 18.4 Å². The topological polar surface area (TPSA) is 58.2 Å². The lowest BCUT2D eigenvalue weighted by molar-refractivity contribution is -0.125. The molecule has 4 nitrogen and oxygen atoms in total. The van der Waals surface area contributed by atoms with Gasteiger partial charge in [0, 0.05) is 18.3 Å². The fourth-order valence-corrected chi connectivity index (χ4v) is 2.61. The van der Waals surface area contributed by atoms with E-state index in [2.05, 4.69) is 10.6 Å².